The first-order valence-electron chi connectivity index (χ1n) is 6.49. The van der Waals surface area contributed by atoms with Gasteiger partial charge in [-0.05, 0) is 31.2 Å². The molecule has 108 valence electrons. The Kier molecular flexibility index (Phi) is 4.93. The molecule has 0 radical (unpaired) electrons. The highest BCUT2D eigenvalue weighted by atomic mass is 16.5. The van der Waals surface area contributed by atoms with Crippen LogP contribution in [-0.4, -0.2) is 18.5 Å². The molecule has 0 aliphatic rings. The van der Waals surface area contributed by atoms with Gasteiger partial charge in [-0.25, -0.2) is 4.79 Å². The monoisotopic (exact) mass is 284 g/mol. The van der Waals surface area contributed by atoms with Crippen molar-refractivity contribution in [3.63, 3.8) is 0 Å². The highest BCUT2D eigenvalue weighted by Gasteiger charge is 2.04. The van der Waals surface area contributed by atoms with E-state index in [9.17, 15) is 9.59 Å². The number of amides is 2. The van der Waals surface area contributed by atoms with Gasteiger partial charge in [0.25, 0.3) is 0 Å². The van der Waals surface area contributed by atoms with Gasteiger partial charge in [0.2, 0.25) is 0 Å². The lowest BCUT2D eigenvalue weighted by atomic mass is 10.1. The zero-order valence-corrected chi connectivity index (χ0v) is 11.6. The topological polar surface area (TPSA) is 67.4 Å². The minimum absolute atomic E-state index is 0.0496. The minimum Gasteiger partial charge on any atom is -0.473 e. The Labute approximate surface area is 122 Å². The number of rotatable bonds is 5. The first-order valence-corrected chi connectivity index (χ1v) is 6.49. The third-order valence-electron chi connectivity index (χ3n) is 2.74. The van der Waals surface area contributed by atoms with Crippen LogP contribution in [0.25, 0.3) is 0 Å². The van der Waals surface area contributed by atoms with Crippen LogP contribution in [0.4, 0.5) is 10.5 Å². The average molecular weight is 284 g/mol. The van der Waals surface area contributed by atoms with E-state index >= 15 is 0 Å². The van der Waals surface area contributed by atoms with Gasteiger partial charge < -0.3 is 15.4 Å². The van der Waals surface area contributed by atoms with Crippen molar-refractivity contribution in [2.45, 2.75) is 6.92 Å². The van der Waals surface area contributed by atoms with Crippen LogP contribution in [0.5, 0.6) is 5.75 Å². The molecule has 2 N–H and O–H groups in total. The standard InChI is InChI=1S/C16H16N2O3/c1-12(19)13-6-5-7-14(10-13)18-16(20)17-11-21-15-8-3-2-4-9-15/h2-10H,11H2,1H3,(H2,17,18,20). The summed E-state index contributed by atoms with van der Waals surface area (Å²) in [6, 6.07) is 15.5. The zero-order chi connectivity index (χ0) is 15.1. The number of anilines is 1. The average Bonchev–Trinajstić information content (AvgIpc) is 2.48. The lowest BCUT2D eigenvalue weighted by Crippen LogP contribution is -2.32. The van der Waals surface area contributed by atoms with Gasteiger partial charge in [-0.15, -0.1) is 0 Å². The molecular weight excluding hydrogens is 268 g/mol. The Balaban J connectivity index is 1.82. The number of hydrogen-bond donors (Lipinski definition) is 2. The van der Waals surface area contributed by atoms with Crippen molar-refractivity contribution in [2.24, 2.45) is 0 Å². The summed E-state index contributed by atoms with van der Waals surface area (Å²) >= 11 is 0. The lowest BCUT2D eigenvalue weighted by Gasteiger charge is -2.09. The van der Waals surface area contributed by atoms with Crippen molar-refractivity contribution in [1.29, 1.82) is 0 Å². The van der Waals surface area contributed by atoms with Crippen molar-refractivity contribution in [2.75, 3.05) is 12.0 Å². The fourth-order valence-corrected chi connectivity index (χ4v) is 1.69. The minimum atomic E-state index is -0.397. The molecule has 2 aromatic carbocycles. The number of Topliss-reactive ketones (excluding diaryl/α,β-unsaturated/α-hetero) is 1. The molecule has 0 fully saturated rings. The Morgan fingerprint density at radius 2 is 1.81 bits per heavy atom. The number of benzene rings is 2. The SMILES string of the molecule is CC(=O)c1cccc(NC(=O)NCOc2ccccc2)c1. The molecule has 2 amide bonds. The predicted octanol–water partition coefficient (Wildman–Crippen LogP) is 3.05. The second-order valence-corrected chi connectivity index (χ2v) is 4.37. The van der Waals surface area contributed by atoms with Crippen molar-refractivity contribution in [1.82, 2.24) is 5.32 Å². The number of urea groups is 1. The van der Waals surface area contributed by atoms with E-state index in [-0.39, 0.29) is 12.5 Å². The van der Waals surface area contributed by atoms with Gasteiger partial charge in [-0.3, -0.25) is 4.79 Å². The molecule has 5 nitrogen and oxygen atoms in total. The maximum Gasteiger partial charge on any atom is 0.321 e. The summed E-state index contributed by atoms with van der Waals surface area (Å²) in [5.74, 6) is 0.628. The Morgan fingerprint density at radius 3 is 2.52 bits per heavy atom. The summed E-state index contributed by atoms with van der Waals surface area (Å²) in [5, 5.41) is 5.21. The molecule has 0 aliphatic heterocycles. The van der Waals surface area contributed by atoms with Gasteiger partial charge in [0.15, 0.2) is 12.5 Å². The second-order valence-electron chi connectivity index (χ2n) is 4.37. The maximum absolute atomic E-state index is 11.7. The largest absolute Gasteiger partial charge is 0.473 e. The van der Waals surface area contributed by atoms with Gasteiger partial charge in [-0.1, -0.05) is 30.3 Å². The second kappa shape index (κ2) is 7.09. The summed E-state index contributed by atoms with van der Waals surface area (Å²) in [6.07, 6.45) is 0. The van der Waals surface area contributed by atoms with Gasteiger partial charge in [0.05, 0.1) is 0 Å². The van der Waals surface area contributed by atoms with Crippen molar-refractivity contribution < 1.29 is 14.3 Å². The molecule has 2 rings (SSSR count). The first-order chi connectivity index (χ1) is 10.1. The molecule has 0 heterocycles. The van der Waals surface area contributed by atoms with E-state index in [1.165, 1.54) is 6.92 Å². The van der Waals surface area contributed by atoms with Crippen molar-refractivity contribution in [3.8, 4) is 5.75 Å². The number of para-hydroxylation sites is 1. The van der Waals surface area contributed by atoms with Gasteiger partial charge in [0.1, 0.15) is 5.75 Å². The van der Waals surface area contributed by atoms with E-state index in [2.05, 4.69) is 10.6 Å². The number of ketones is 1. The number of hydrogen-bond acceptors (Lipinski definition) is 3. The van der Waals surface area contributed by atoms with Gasteiger partial charge >= 0.3 is 6.03 Å². The highest BCUT2D eigenvalue weighted by Crippen LogP contribution is 2.11. The van der Waals surface area contributed by atoms with Crippen LogP contribution >= 0.6 is 0 Å². The van der Waals surface area contributed by atoms with E-state index in [0.717, 1.165) is 0 Å². The number of carbonyl (C=O) groups is 2. The quantitative estimate of drug-likeness (QED) is 0.655. The molecule has 0 aromatic heterocycles. The molecule has 0 spiro atoms. The molecule has 0 aliphatic carbocycles. The molecule has 0 atom stereocenters. The molecular formula is C16H16N2O3. The molecule has 2 aromatic rings. The van der Waals surface area contributed by atoms with E-state index < -0.39 is 6.03 Å². The highest BCUT2D eigenvalue weighted by molar-refractivity contribution is 5.96. The molecule has 0 saturated heterocycles. The number of ether oxygens (including phenoxy) is 1. The number of nitrogens with one attached hydrogen (secondary N) is 2. The van der Waals surface area contributed by atoms with E-state index in [4.69, 9.17) is 4.74 Å². The summed E-state index contributed by atoms with van der Waals surface area (Å²) < 4.78 is 5.35. The summed E-state index contributed by atoms with van der Waals surface area (Å²) in [5.41, 5.74) is 1.10. The fraction of sp³-hybridized carbons (Fsp3) is 0.125. The fourth-order valence-electron chi connectivity index (χ4n) is 1.69. The third-order valence-corrected chi connectivity index (χ3v) is 2.74. The van der Waals surface area contributed by atoms with E-state index in [0.29, 0.717) is 17.0 Å². The third kappa shape index (κ3) is 4.65. The first kappa shape index (κ1) is 14.6. The van der Waals surface area contributed by atoms with E-state index in [1.54, 1.807) is 36.4 Å². The van der Waals surface area contributed by atoms with Crippen LogP contribution in [0.1, 0.15) is 17.3 Å². The molecule has 0 unspecified atom stereocenters. The Morgan fingerprint density at radius 1 is 1.05 bits per heavy atom. The summed E-state index contributed by atoms with van der Waals surface area (Å²) in [6.45, 7) is 1.54. The van der Waals surface area contributed by atoms with Crippen LogP contribution in [0.2, 0.25) is 0 Å². The van der Waals surface area contributed by atoms with Crippen molar-refractivity contribution >= 4 is 17.5 Å². The Bertz CT molecular complexity index is 626. The molecule has 0 bridgehead atoms. The summed E-state index contributed by atoms with van der Waals surface area (Å²) in [7, 11) is 0. The van der Waals surface area contributed by atoms with E-state index in [1.807, 2.05) is 18.2 Å². The smallest absolute Gasteiger partial charge is 0.321 e. The van der Waals surface area contributed by atoms with Crippen LogP contribution in [0.3, 0.4) is 0 Å². The molecule has 5 heteroatoms. The van der Waals surface area contributed by atoms with Crippen LogP contribution in [-0.2, 0) is 0 Å². The summed E-state index contributed by atoms with van der Waals surface area (Å²) in [4.78, 5) is 23.0. The van der Waals surface area contributed by atoms with Crippen LogP contribution < -0.4 is 15.4 Å². The molecule has 21 heavy (non-hydrogen) atoms. The van der Waals surface area contributed by atoms with Crippen LogP contribution in [0.15, 0.2) is 54.6 Å². The maximum atomic E-state index is 11.7. The van der Waals surface area contributed by atoms with Gasteiger partial charge in [-0.2, -0.15) is 0 Å². The van der Waals surface area contributed by atoms with Crippen LogP contribution in [0, 0.1) is 0 Å². The predicted molar refractivity (Wildman–Crippen MR) is 80.5 cm³/mol. The lowest BCUT2D eigenvalue weighted by molar-refractivity contribution is 0.101. The molecule has 0 saturated carbocycles. The van der Waals surface area contributed by atoms with Crippen molar-refractivity contribution in [3.05, 3.63) is 60.2 Å². The zero-order valence-electron chi connectivity index (χ0n) is 11.6. The number of carbonyl (C=O) groups excluding carboxylic acids is 2. The normalized spacial score (nSPS) is 9.76. The Hall–Kier alpha value is -2.82. The van der Waals surface area contributed by atoms with Gasteiger partial charge in [0, 0.05) is 11.3 Å².